The van der Waals surface area contributed by atoms with Crippen LogP contribution >= 0.6 is 0 Å². The number of rotatable bonds is 1. The van der Waals surface area contributed by atoms with Gasteiger partial charge in [-0.3, -0.25) is 0 Å². The van der Waals surface area contributed by atoms with E-state index in [-0.39, 0.29) is 5.60 Å². The molecule has 0 spiro atoms. The largest absolute Gasteiger partial charge is 0.488 e. The smallest absolute Gasteiger partial charge is 0.120 e. The quantitative estimate of drug-likeness (QED) is 0.713. The molecule has 0 aliphatic rings. The molecule has 0 amide bonds. The van der Waals surface area contributed by atoms with E-state index in [0.29, 0.717) is 0 Å². The molecule has 0 N–H and O–H groups in total. The normalized spacial score (nSPS) is 11.7. The zero-order valence-corrected chi connectivity index (χ0v) is 9.19. The van der Waals surface area contributed by atoms with Gasteiger partial charge in [-0.2, -0.15) is 10.2 Å². The molecule has 0 saturated heterocycles. The molecular formula is C12H14N2O. The number of benzene rings is 1. The van der Waals surface area contributed by atoms with E-state index in [9.17, 15) is 0 Å². The van der Waals surface area contributed by atoms with Gasteiger partial charge in [0.15, 0.2) is 0 Å². The fourth-order valence-corrected chi connectivity index (χ4v) is 1.39. The lowest BCUT2D eigenvalue weighted by Gasteiger charge is -2.21. The van der Waals surface area contributed by atoms with Crippen molar-refractivity contribution < 1.29 is 4.74 Å². The van der Waals surface area contributed by atoms with E-state index in [4.69, 9.17) is 4.74 Å². The van der Waals surface area contributed by atoms with Gasteiger partial charge in [-0.05, 0) is 39.0 Å². The summed E-state index contributed by atoms with van der Waals surface area (Å²) >= 11 is 0. The molecule has 0 unspecified atom stereocenters. The van der Waals surface area contributed by atoms with Crippen molar-refractivity contribution in [1.82, 2.24) is 10.2 Å². The first-order chi connectivity index (χ1) is 7.04. The van der Waals surface area contributed by atoms with E-state index < -0.39 is 0 Å². The Balaban J connectivity index is 2.39. The maximum Gasteiger partial charge on any atom is 0.120 e. The molecule has 78 valence electrons. The Hall–Kier alpha value is -1.64. The molecule has 3 nitrogen and oxygen atoms in total. The minimum Gasteiger partial charge on any atom is -0.488 e. The van der Waals surface area contributed by atoms with E-state index in [1.807, 2.05) is 39.0 Å². The molecule has 0 aliphatic heterocycles. The van der Waals surface area contributed by atoms with Gasteiger partial charge in [0.25, 0.3) is 0 Å². The Morgan fingerprint density at radius 1 is 1.00 bits per heavy atom. The average Bonchev–Trinajstić information content (AvgIpc) is 2.15. The fraction of sp³-hybridized carbons (Fsp3) is 0.333. The Labute approximate surface area is 89.1 Å². The highest BCUT2D eigenvalue weighted by molar-refractivity contribution is 5.81. The van der Waals surface area contributed by atoms with Crippen LogP contribution in [-0.4, -0.2) is 15.8 Å². The molecule has 3 heteroatoms. The van der Waals surface area contributed by atoms with Crippen molar-refractivity contribution in [3.63, 3.8) is 0 Å². The maximum atomic E-state index is 5.76. The summed E-state index contributed by atoms with van der Waals surface area (Å²) in [6.45, 7) is 6.09. The SMILES string of the molecule is CC(C)(C)Oc1ccc2cnncc2c1. The molecule has 0 aliphatic carbocycles. The van der Waals surface area contributed by atoms with Crippen molar-refractivity contribution >= 4 is 10.8 Å². The molecule has 0 radical (unpaired) electrons. The number of hydrogen-bond donors (Lipinski definition) is 0. The van der Waals surface area contributed by atoms with Crippen LogP contribution in [0.2, 0.25) is 0 Å². The highest BCUT2D eigenvalue weighted by Crippen LogP contribution is 2.22. The molecule has 2 rings (SSSR count). The molecule has 0 saturated carbocycles. The summed E-state index contributed by atoms with van der Waals surface area (Å²) in [6.07, 6.45) is 3.49. The van der Waals surface area contributed by atoms with Gasteiger partial charge < -0.3 is 4.74 Å². The third-order valence-corrected chi connectivity index (χ3v) is 1.94. The van der Waals surface area contributed by atoms with Crippen molar-refractivity contribution in [1.29, 1.82) is 0 Å². The van der Waals surface area contributed by atoms with Gasteiger partial charge in [0.05, 0.1) is 12.4 Å². The zero-order chi connectivity index (χ0) is 10.9. The Morgan fingerprint density at radius 3 is 2.33 bits per heavy atom. The van der Waals surface area contributed by atoms with Gasteiger partial charge in [-0.1, -0.05) is 0 Å². The Bertz CT molecular complexity index is 474. The third kappa shape index (κ3) is 2.43. The topological polar surface area (TPSA) is 35.0 Å². The molecule has 0 bridgehead atoms. The van der Waals surface area contributed by atoms with Crippen molar-refractivity contribution in [2.24, 2.45) is 0 Å². The highest BCUT2D eigenvalue weighted by atomic mass is 16.5. The highest BCUT2D eigenvalue weighted by Gasteiger charge is 2.11. The van der Waals surface area contributed by atoms with Crippen LogP contribution < -0.4 is 4.74 Å². The molecule has 15 heavy (non-hydrogen) atoms. The summed E-state index contributed by atoms with van der Waals surface area (Å²) < 4.78 is 5.76. The lowest BCUT2D eigenvalue weighted by molar-refractivity contribution is 0.131. The van der Waals surface area contributed by atoms with Crippen molar-refractivity contribution in [3.8, 4) is 5.75 Å². The van der Waals surface area contributed by atoms with E-state index in [1.165, 1.54) is 0 Å². The van der Waals surface area contributed by atoms with Crippen LogP contribution in [0, 0.1) is 0 Å². The van der Waals surface area contributed by atoms with Crippen LogP contribution in [0.1, 0.15) is 20.8 Å². The standard InChI is InChI=1S/C12H14N2O/c1-12(2,3)15-11-5-4-9-7-13-14-8-10(9)6-11/h4-8H,1-3H3. The van der Waals surface area contributed by atoms with E-state index >= 15 is 0 Å². The second-order valence-electron chi connectivity index (χ2n) is 4.49. The fourth-order valence-electron chi connectivity index (χ4n) is 1.39. The summed E-state index contributed by atoms with van der Waals surface area (Å²) in [5.41, 5.74) is -0.172. The first-order valence-corrected chi connectivity index (χ1v) is 4.94. The first-order valence-electron chi connectivity index (χ1n) is 4.94. The van der Waals surface area contributed by atoms with Crippen LogP contribution in [0.15, 0.2) is 30.6 Å². The van der Waals surface area contributed by atoms with E-state index in [1.54, 1.807) is 12.4 Å². The molecule has 0 fully saturated rings. The molecule has 0 atom stereocenters. The van der Waals surface area contributed by atoms with Crippen molar-refractivity contribution in [2.45, 2.75) is 26.4 Å². The number of nitrogens with zero attached hydrogens (tertiary/aromatic N) is 2. The van der Waals surface area contributed by atoms with Gasteiger partial charge in [-0.15, -0.1) is 0 Å². The molecular weight excluding hydrogens is 188 g/mol. The lowest BCUT2D eigenvalue weighted by atomic mass is 10.1. The maximum absolute atomic E-state index is 5.76. The Kier molecular flexibility index (Phi) is 2.31. The summed E-state index contributed by atoms with van der Waals surface area (Å²) in [4.78, 5) is 0. The third-order valence-electron chi connectivity index (χ3n) is 1.94. The van der Waals surface area contributed by atoms with Gasteiger partial charge in [0, 0.05) is 10.8 Å². The van der Waals surface area contributed by atoms with Crippen molar-refractivity contribution in [3.05, 3.63) is 30.6 Å². The predicted molar refractivity (Wildman–Crippen MR) is 59.9 cm³/mol. The molecule has 1 aromatic heterocycles. The first kappa shape index (κ1) is 9.90. The summed E-state index contributed by atoms with van der Waals surface area (Å²) in [7, 11) is 0. The van der Waals surface area contributed by atoms with Gasteiger partial charge in [0.1, 0.15) is 11.4 Å². The molecule has 1 aromatic carbocycles. The predicted octanol–water partition coefficient (Wildman–Crippen LogP) is 2.81. The van der Waals surface area contributed by atoms with Crippen LogP contribution in [0.5, 0.6) is 5.75 Å². The number of aromatic nitrogens is 2. The second kappa shape index (κ2) is 3.50. The Morgan fingerprint density at radius 2 is 1.67 bits per heavy atom. The summed E-state index contributed by atoms with van der Waals surface area (Å²) in [6, 6.07) is 5.93. The van der Waals surface area contributed by atoms with E-state index in [2.05, 4.69) is 10.2 Å². The minimum atomic E-state index is -0.172. The number of ether oxygens (including phenoxy) is 1. The van der Waals surface area contributed by atoms with Crippen LogP contribution in [0.3, 0.4) is 0 Å². The van der Waals surface area contributed by atoms with Gasteiger partial charge >= 0.3 is 0 Å². The zero-order valence-electron chi connectivity index (χ0n) is 9.19. The monoisotopic (exact) mass is 202 g/mol. The molecule has 2 aromatic rings. The minimum absolute atomic E-state index is 0.172. The van der Waals surface area contributed by atoms with Crippen LogP contribution in [-0.2, 0) is 0 Å². The average molecular weight is 202 g/mol. The van der Waals surface area contributed by atoms with Crippen LogP contribution in [0.25, 0.3) is 10.8 Å². The number of hydrogen-bond acceptors (Lipinski definition) is 3. The van der Waals surface area contributed by atoms with Crippen molar-refractivity contribution in [2.75, 3.05) is 0 Å². The summed E-state index contributed by atoms with van der Waals surface area (Å²) in [5, 5.41) is 9.79. The van der Waals surface area contributed by atoms with Gasteiger partial charge in [0.2, 0.25) is 0 Å². The van der Waals surface area contributed by atoms with Crippen LogP contribution in [0.4, 0.5) is 0 Å². The van der Waals surface area contributed by atoms with Gasteiger partial charge in [-0.25, -0.2) is 0 Å². The summed E-state index contributed by atoms with van der Waals surface area (Å²) in [5.74, 6) is 0.864. The van der Waals surface area contributed by atoms with E-state index in [0.717, 1.165) is 16.5 Å². The lowest BCUT2D eigenvalue weighted by Crippen LogP contribution is -2.22. The molecule has 1 heterocycles. The second-order valence-corrected chi connectivity index (χ2v) is 4.49. The number of fused-ring (bicyclic) bond motifs is 1.